The summed E-state index contributed by atoms with van der Waals surface area (Å²) in [5.41, 5.74) is 5.17. The molecule has 2 aliphatic carbocycles. The molecule has 1 aromatic carbocycles. The summed E-state index contributed by atoms with van der Waals surface area (Å²) in [6, 6.07) is 8.70. The van der Waals surface area contributed by atoms with Crippen LogP contribution in [0.2, 0.25) is 1.41 Å². The van der Waals surface area contributed by atoms with Crippen LogP contribution >= 0.6 is 0 Å². The molecule has 0 unspecified atom stereocenters. The molecular weight excluding hydrogens is 304 g/mol. The topological polar surface area (TPSA) is 19.7 Å². The SMILES string of the molecule is [2H]n1c(C2CCCCC2)c(C)[n+](-c2ccccc2C)c1C1CCCCC1. The maximum absolute atomic E-state index is 9.10. The van der Waals surface area contributed by atoms with E-state index >= 15 is 0 Å². The highest BCUT2D eigenvalue weighted by atomic mass is 15.1. The summed E-state index contributed by atoms with van der Waals surface area (Å²) in [5.74, 6) is 2.32. The Balaban J connectivity index is 1.88. The van der Waals surface area contributed by atoms with Crippen LogP contribution in [-0.2, 0) is 0 Å². The van der Waals surface area contributed by atoms with Gasteiger partial charge in [-0.15, -0.1) is 0 Å². The zero-order valence-corrected chi connectivity index (χ0v) is 15.9. The molecule has 0 spiro atoms. The maximum Gasteiger partial charge on any atom is 0.312 e. The summed E-state index contributed by atoms with van der Waals surface area (Å²) in [4.78, 5) is 1.87. The molecule has 2 aromatic rings. The fourth-order valence-electron chi connectivity index (χ4n) is 5.06. The Morgan fingerprint density at radius 1 is 0.880 bits per heavy atom. The predicted octanol–water partition coefficient (Wildman–Crippen LogP) is 6.00. The van der Waals surface area contributed by atoms with Gasteiger partial charge in [-0.05, 0) is 44.2 Å². The van der Waals surface area contributed by atoms with Crippen molar-refractivity contribution >= 4 is 0 Å². The van der Waals surface area contributed by atoms with E-state index in [4.69, 9.17) is 1.41 Å². The lowest BCUT2D eigenvalue weighted by molar-refractivity contribution is -0.612. The highest BCUT2D eigenvalue weighted by Crippen LogP contribution is 2.36. The van der Waals surface area contributed by atoms with Gasteiger partial charge in [0, 0.05) is 12.8 Å². The summed E-state index contributed by atoms with van der Waals surface area (Å²) in [7, 11) is 0. The maximum atomic E-state index is 9.10. The number of imidazole rings is 1. The molecule has 0 amide bonds. The number of aromatic amines is 1. The lowest BCUT2D eigenvalue weighted by Gasteiger charge is -2.19. The molecule has 1 aromatic heterocycles. The third-order valence-electron chi connectivity index (χ3n) is 6.49. The second kappa shape index (κ2) is 7.35. The molecule has 0 atom stereocenters. The van der Waals surface area contributed by atoms with E-state index in [1.54, 1.807) is 0 Å². The second-order valence-electron chi connectivity index (χ2n) is 8.23. The average molecular weight is 339 g/mol. The van der Waals surface area contributed by atoms with E-state index in [0.29, 0.717) is 11.8 Å². The molecule has 4 rings (SSSR count). The van der Waals surface area contributed by atoms with Gasteiger partial charge in [0.1, 0.15) is 17.1 Å². The van der Waals surface area contributed by atoms with Crippen LogP contribution in [0.3, 0.4) is 0 Å². The monoisotopic (exact) mass is 338 g/mol. The minimum atomic E-state index is 0.525. The van der Waals surface area contributed by atoms with Crippen molar-refractivity contribution in [1.82, 2.24) is 4.98 Å². The Kier molecular flexibility index (Phi) is 4.61. The van der Waals surface area contributed by atoms with Gasteiger partial charge in [0.2, 0.25) is 0 Å². The van der Waals surface area contributed by atoms with Crippen molar-refractivity contribution in [3.05, 3.63) is 47.0 Å². The summed E-state index contributed by atoms with van der Waals surface area (Å²) < 4.78 is 11.5. The molecule has 1 N–H and O–H groups in total. The van der Waals surface area contributed by atoms with Crippen LogP contribution in [0.25, 0.3) is 5.69 Å². The third kappa shape index (κ3) is 3.28. The highest BCUT2D eigenvalue weighted by molar-refractivity contribution is 5.34. The van der Waals surface area contributed by atoms with E-state index in [-0.39, 0.29) is 0 Å². The summed E-state index contributed by atoms with van der Waals surface area (Å²) in [6.07, 6.45) is 12.9. The van der Waals surface area contributed by atoms with E-state index in [9.17, 15) is 0 Å². The van der Waals surface area contributed by atoms with Crippen molar-refractivity contribution in [1.29, 1.82) is 0 Å². The number of aryl methyl sites for hydroxylation is 1. The Hall–Kier alpha value is -1.57. The number of hydrogen-bond acceptors (Lipinski definition) is 0. The molecule has 2 nitrogen and oxygen atoms in total. The lowest BCUT2D eigenvalue weighted by atomic mass is 9.86. The first-order chi connectivity index (χ1) is 12.7. The lowest BCUT2D eigenvalue weighted by Crippen LogP contribution is -2.39. The van der Waals surface area contributed by atoms with Gasteiger partial charge in [0.25, 0.3) is 5.82 Å². The summed E-state index contributed by atoms with van der Waals surface area (Å²) in [5, 5.41) is 0. The zero-order chi connectivity index (χ0) is 18.1. The molecule has 25 heavy (non-hydrogen) atoms. The first-order valence-electron chi connectivity index (χ1n) is 10.9. The molecule has 0 radical (unpaired) electrons. The van der Waals surface area contributed by atoms with E-state index in [1.165, 1.54) is 92.7 Å². The normalized spacial score (nSPS) is 20.6. The largest absolute Gasteiger partial charge is 0.312 e. The van der Waals surface area contributed by atoms with Crippen LogP contribution in [0.5, 0.6) is 0 Å². The van der Waals surface area contributed by atoms with Gasteiger partial charge in [-0.2, -0.15) is 4.57 Å². The first-order valence-corrected chi connectivity index (χ1v) is 10.4. The number of nitrogens with zero attached hydrogens (tertiary/aromatic N) is 1. The van der Waals surface area contributed by atoms with Crippen LogP contribution in [0.4, 0.5) is 0 Å². The Morgan fingerprint density at radius 2 is 1.48 bits per heavy atom. The third-order valence-corrected chi connectivity index (χ3v) is 6.49. The number of benzene rings is 1. The van der Waals surface area contributed by atoms with E-state index in [0.717, 1.165) is 0 Å². The van der Waals surface area contributed by atoms with Gasteiger partial charge < -0.3 is 0 Å². The molecule has 1 heterocycles. The predicted molar refractivity (Wildman–Crippen MR) is 103 cm³/mol. The van der Waals surface area contributed by atoms with Crippen molar-refractivity contribution < 1.29 is 5.98 Å². The van der Waals surface area contributed by atoms with Crippen molar-refractivity contribution in [2.45, 2.75) is 89.9 Å². The van der Waals surface area contributed by atoms with Crippen LogP contribution < -0.4 is 4.57 Å². The number of hydrogen-bond donors (Lipinski definition) is 1. The highest BCUT2D eigenvalue weighted by Gasteiger charge is 2.34. The molecule has 2 heteroatoms. The summed E-state index contributed by atoms with van der Waals surface area (Å²) in [6.45, 7) is 4.46. The molecule has 2 fully saturated rings. The molecule has 0 aliphatic heterocycles. The number of para-hydroxylation sites is 1. The van der Waals surface area contributed by atoms with Gasteiger partial charge in [0.05, 0.1) is 5.92 Å². The van der Waals surface area contributed by atoms with Crippen LogP contribution in [0, 0.1) is 13.8 Å². The quantitative estimate of drug-likeness (QED) is 0.662. The second-order valence-corrected chi connectivity index (χ2v) is 8.23. The molecule has 2 saturated carbocycles. The Bertz CT molecular complexity index is 765. The fourth-order valence-corrected chi connectivity index (χ4v) is 5.06. The van der Waals surface area contributed by atoms with Gasteiger partial charge in [-0.1, -0.05) is 56.7 Å². The van der Waals surface area contributed by atoms with E-state index in [2.05, 4.69) is 42.7 Å². The molecule has 134 valence electrons. The fraction of sp³-hybridized carbons (Fsp3) is 0.609. The van der Waals surface area contributed by atoms with Crippen molar-refractivity contribution in [3.8, 4) is 5.69 Å². The Morgan fingerprint density at radius 3 is 2.12 bits per heavy atom. The number of nitrogens with one attached hydrogen (secondary N) is 1. The smallest absolute Gasteiger partial charge is 0.244 e. The average Bonchev–Trinajstić information content (AvgIpc) is 2.94. The molecule has 0 saturated heterocycles. The Labute approximate surface area is 154 Å². The molecular formula is C23H33N2+. The standard InChI is InChI=1S/C23H32N2/c1-17-11-9-10-16-21(17)25-18(2)22(19-12-5-3-6-13-19)24-23(25)20-14-7-4-8-15-20/h9-11,16,19-20H,3-8,12-15H2,1-2H3/p+1/i/hD. The van der Waals surface area contributed by atoms with Crippen LogP contribution in [0.15, 0.2) is 24.3 Å². The van der Waals surface area contributed by atoms with Crippen LogP contribution in [-0.4, -0.2) is 4.98 Å². The van der Waals surface area contributed by atoms with Gasteiger partial charge in [-0.3, -0.25) is 0 Å². The van der Waals surface area contributed by atoms with E-state index in [1.807, 2.05) is 4.98 Å². The van der Waals surface area contributed by atoms with Crippen molar-refractivity contribution in [2.24, 2.45) is 0 Å². The number of H-pyrrole nitrogens is 1. The first kappa shape index (κ1) is 15.7. The van der Waals surface area contributed by atoms with E-state index < -0.39 is 0 Å². The minimum absolute atomic E-state index is 0.525. The number of rotatable bonds is 3. The van der Waals surface area contributed by atoms with Gasteiger partial charge in [0.15, 0.2) is 0 Å². The molecule has 2 aliphatic rings. The minimum Gasteiger partial charge on any atom is -0.244 e. The summed E-state index contributed by atoms with van der Waals surface area (Å²) >= 11 is 0. The van der Waals surface area contributed by atoms with Gasteiger partial charge >= 0.3 is 1.41 Å². The molecule has 0 bridgehead atoms. The zero-order valence-electron chi connectivity index (χ0n) is 16.9. The van der Waals surface area contributed by atoms with Crippen molar-refractivity contribution in [3.63, 3.8) is 0 Å². The van der Waals surface area contributed by atoms with Crippen LogP contribution in [0.1, 0.15) is 98.8 Å². The van der Waals surface area contributed by atoms with Crippen molar-refractivity contribution in [2.75, 3.05) is 0 Å². The number of aromatic nitrogens is 2. The van der Waals surface area contributed by atoms with Gasteiger partial charge in [-0.25, -0.2) is 4.98 Å².